The van der Waals surface area contributed by atoms with Crippen LogP contribution in [0.25, 0.3) is 0 Å². The van der Waals surface area contributed by atoms with E-state index in [0.29, 0.717) is 6.42 Å². The number of fused-ring (bicyclic) bond motifs is 1. The van der Waals surface area contributed by atoms with E-state index in [2.05, 4.69) is 54.5 Å². The van der Waals surface area contributed by atoms with Crippen molar-refractivity contribution in [2.24, 2.45) is 0 Å². The number of carbonyl (C=O) groups excluding carboxylic acids is 1. The average Bonchev–Trinajstić information content (AvgIpc) is 3.13. The maximum Gasteiger partial charge on any atom is 0.161 e. The fourth-order valence-corrected chi connectivity index (χ4v) is 4.56. The van der Waals surface area contributed by atoms with Gasteiger partial charge >= 0.3 is 0 Å². The molecule has 4 nitrogen and oxygen atoms in total. The SMILES string of the molecule is Cc1nn(C(C)(C)C)c2c1[C@@H](c1ccsc1)C1=C(CCCC1=O)N2. The van der Waals surface area contributed by atoms with Crippen molar-refractivity contribution in [3.05, 3.63) is 44.9 Å². The highest BCUT2D eigenvalue weighted by molar-refractivity contribution is 7.08. The molecular formula is C19H23N3OS. The number of rotatable bonds is 1. The van der Waals surface area contributed by atoms with E-state index in [1.165, 1.54) is 5.56 Å². The minimum Gasteiger partial charge on any atom is -0.343 e. The summed E-state index contributed by atoms with van der Waals surface area (Å²) in [6, 6.07) is 2.14. The number of carbonyl (C=O) groups is 1. The van der Waals surface area contributed by atoms with E-state index in [1.807, 2.05) is 0 Å². The van der Waals surface area contributed by atoms with Gasteiger partial charge in [-0.1, -0.05) is 0 Å². The fraction of sp³-hybridized carbons (Fsp3) is 0.474. The van der Waals surface area contributed by atoms with Crippen LogP contribution in [0.3, 0.4) is 0 Å². The van der Waals surface area contributed by atoms with E-state index in [0.717, 1.165) is 41.2 Å². The summed E-state index contributed by atoms with van der Waals surface area (Å²) in [6.07, 6.45) is 2.53. The number of allylic oxidation sites excluding steroid dienone is 2. The first-order valence-electron chi connectivity index (χ1n) is 8.53. The van der Waals surface area contributed by atoms with Crippen LogP contribution in [0.5, 0.6) is 0 Å². The van der Waals surface area contributed by atoms with Crippen molar-refractivity contribution < 1.29 is 4.79 Å². The van der Waals surface area contributed by atoms with Gasteiger partial charge in [0.1, 0.15) is 5.82 Å². The number of ketones is 1. The summed E-state index contributed by atoms with van der Waals surface area (Å²) in [6.45, 7) is 8.55. The van der Waals surface area contributed by atoms with Gasteiger partial charge in [0.05, 0.1) is 11.2 Å². The Balaban J connectivity index is 1.98. The molecule has 1 atom stereocenters. The number of thiophene rings is 1. The van der Waals surface area contributed by atoms with Gasteiger partial charge in [-0.2, -0.15) is 16.4 Å². The van der Waals surface area contributed by atoms with E-state index in [1.54, 1.807) is 11.3 Å². The molecule has 5 heteroatoms. The molecule has 4 rings (SSSR count). The van der Waals surface area contributed by atoms with Crippen LogP contribution in [0, 0.1) is 6.92 Å². The first-order valence-corrected chi connectivity index (χ1v) is 9.47. The van der Waals surface area contributed by atoms with E-state index in [4.69, 9.17) is 5.10 Å². The summed E-state index contributed by atoms with van der Waals surface area (Å²) < 4.78 is 2.08. The van der Waals surface area contributed by atoms with Crippen LogP contribution >= 0.6 is 11.3 Å². The van der Waals surface area contributed by atoms with Crippen LogP contribution in [-0.2, 0) is 10.3 Å². The van der Waals surface area contributed by atoms with E-state index >= 15 is 0 Å². The number of aromatic nitrogens is 2. The van der Waals surface area contributed by atoms with Gasteiger partial charge in [0.2, 0.25) is 0 Å². The molecule has 3 heterocycles. The Morgan fingerprint density at radius 3 is 2.79 bits per heavy atom. The third-order valence-electron chi connectivity index (χ3n) is 4.92. The number of hydrogen-bond donors (Lipinski definition) is 1. The highest BCUT2D eigenvalue weighted by Gasteiger charge is 2.39. The molecular weight excluding hydrogens is 318 g/mol. The number of nitrogens with one attached hydrogen (secondary N) is 1. The van der Waals surface area contributed by atoms with Crippen LogP contribution in [0.4, 0.5) is 5.82 Å². The van der Waals surface area contributed by atoms with Gasteiger partial charge in [-0.05, 0) is 62.9 Å². The second kappa shape index (κ2) is 5.31. The zero-order valence-corrected chi connectivity index (χ0v) is 15.5. The lowest BCUT2D eigenvalue weighted by Crippen LogP contribution is -2.30. The average molecular weight is 341 g/mol. The van der Waals surface area contributed by atoms with Crippen molar-refractivity contribution in [1.29, 1.82) is 0 Å². The van der Waals surface area contributed by atoms with Crippen molar-refractivity contribution in [1.82, 2.24) is 9.78 Å². The lowest BCUT2D eigenvalue weighted by molar-refractivity contribution is -0.116. The Bertz CT molecular complexity index is 837. The number of aryl methyl sites for hydroxylation is 1. The lowest BCUT2D eigenvalue weighted by atomic mass is 9.77. The molecule has 0 saturated carbocycles. The third-order valence-corrected chi connectivity index (χ3v) is 5.62. The number of anilines is 1. The number of nitrogens with zero attached hydrogens (tertiary/aromatic N) is 2. The molecule has 2 aromatic rings. The predicted octanol–water partition coefficient (Wildman–Crippen LogP) is 4.57. The van der Waals surface area contributed by atoms with Gasteiger partial charge < -0.3 is 5.32 Å². The molecule has 0 saturated heterocycles. The summed E-state index contributed by atoms with van der Waals surface area (Å²) in [7, 11) is 0. The van der Waals surface area contributed by atoms with Crippen molar-refractivity contribution >= 4 is 22.9 Å². The normalized spacial score (nSPS) is 20.7. The Kier molecular flexibility index (Phi) is 3.46. The van der Waals surface area contributed by atoms with Crippen molar-refractivity contribution in [3.63, 3.8) is 0 Å². The fourth-order valence-electron chi connectivity index (χ4n) is 3.88. The molecule has 1 N–H and O–H groups in total. The molecule has 0 radical (unpaired) electrons. The molecule has 0 spiro atoms. The Morgan fingerprint density at radius 2 is 2.12 bits per heavy atom. The predicted molar refractivity (Wildman–Crippen MR) is 97.6 cm³/mol. The van der Waals surface area contributed by atoms with Gasteiger partial charge in [0.15, 0.2) is 5.78 Å². The highest BCUT2D eigenvalue weighted by Crippen LogP contribution is 2.47. The molecule has 0 fully saturated rings. The van der Waals surface area contributed by atoms with Gasteiger partial charge in [0, 0.05) is 29.2 Å². The van der Waals surface area contributed by atoms with E-state index in [9.17, 15) is 4.79 Å². The monoisotopic (exact) mass is 341 g/mol. The second-order valence-corrected chi connectivity index (χ2v) is 8.49. The van der Waals surface area contributed by atoms with E-state index < -0.39 is 0 Å². The molecule has 2 aromatic heterocycles. The van der Waals surface area contributed by atoms with E-state index in [-0.39, 0.29) is 17.2 Å². The molecule has 0 amide bonds. The molecule has 2 aliphatic rings. The molecule has 0 bridgehead atoms. The maximum absolute atomic E-state index is 12.7. The standard InChI is InChI=1S/C19H23N3OS/c1-11-15-16(12-8-9-24-10-12)17-13(6-5-7-14(17)23)20-18(15)22(21-11)19(2,3)4/h8-10,16,20H,5-7H2,1-4H3/t16-/m1/s1. The molecule has 24 heavy (non-hydrogen) atoms. The van der Waals surface area contributed by atoms with Gasteiger partial charge in [-0.3, -0.25) is 4.79 Å². The number of hydrogen-bond acceptors (Lipinski definition) is 4. The minimum atomic E-state index is -0.110. The molecule has 126 valence electrons. The molecule has 0 aromatic carbocycles. The van der Waals surface area contributed by atoms with Crippen LogP contribution in [-0.4, -0.2) is 15.6 Å². The third kappa shape index (κ3) is 2.25. The Labute approximate surface area is 146 Å². The first kappa shape index (κ1) is 15.6. The van der Waals surface area contributed by atoms with Crippen molar-refractivity contribution in [2.75, 3.05) is 5.32 Å². The first-order chi connectivity index (χ1) is 11.4. The summed E-state index contributed by atoms with van der Waals surface area (Å²) in [5, 5.41) is 12.7. The Hall–Kier alpha value is -1.88. The molecule has 1 aliphatic carbocycles. The van der Waals surface area contributed by atoms with Crippen molar-refractivity contribution in [3.8, 4) is 0 Å². The summed E-state index contributed by atoms with van der Waals surface area (Å²) >= 11 is 1.69. The number of Topliss-reactive ketones (excluding diaryl/α,β-unsaturated/α-hetero) is 1. The smallest absolute Gasteiger partial charge is 0.161 e. The topological polar surface area (TPSA) is 46.9 Å². The summed E-state index contributed by atoms with van der Waals surface area (Å²) in [5.74, 6) is 1.37. The highest BCUT2D eigenvalue weighted by atomic mass is 32.1. The summed E-state index contributed by atoms with van der Waals surface area (Å²) in [4.78, 5) is 12.7. The van der Waals surface area contributed by atoms with Gasteiger partial charge in [-0.25, -0.2) is 4.68 Å². The van der Waals surface area contributed by atoms with Gasteiger partial charge in [0.25, 0.3) is 0 Å². The zero-order chi connectivity index (χ0) is 17.1. The van der Waals surface area contributed by atoms with Crippen LogP contribution < -0.4 is 5.32 Å². The van der Waals surface area contributed by atoms with Crippen LogP contribution in [0.2, 0.25) is 0 Å². The van der Waals surface area contributed by atoms with Gasteiger partial charge in [-0.15, -0.1) is 0 Å². The Morgan fingerprint density at radius 1 is 1.33 bits per heavy atom. The van der Waals surface area contributed by atoms with Crippen LogP contribution in [0.15, 0.2) is 28.1 Å². The minimum absolute atomic E-state index is 0.0198. The largest absolute Gasteiger partial charge is 0.343 e. The van der Waals surface area contributed by atoms with Crippen LogP contribution in [0.1, 0.15) is 62.8 Å². The molecule has 1 aliphatic heterocycles. The van der Waals surface area contributed by atoms with Crippen molar-refractivity contribution in [2.45, 2.75) is 58.4 Å². The molecule has 0 unspecified atom stereocenters. The summed E-state index contributed by atoms with van der Waals surface area (Å²) in [5.41, 5.74) is 5.33. The maximum atomic E-state index is 12.7. The quantitative estimate of drug-likeness (QED) is 0.826. The zero-order valence-electron chi connectivity index (χ0n) is 14.6. The second-order valence-electron chi connectivity index (χ2n) is 7.71. The lowest BCUT2D eigenvalue weighted by Gasteiger charge is -2.34.